The fourth-order valence-corrected chi connectivity index (χ4v) is 3.23. The van der Waals surface area contributed by atoms with Crippen LogP contribution in [0.2, 0.25) is 0 Å². The second kappa shape index (κ2) is 10.2. The zero-order valence-corrected chi connectivity index (χ0v) is 18.1. The number of anilines is 2. The Morgan fingerprint density at radius 2 is 1.82 bits per heavy atom. The van der Waals surface area contributed by atoms with E-state index in [1.165, 1.54) is 7.11 Å². The van der Waals surface area contributed by atoms with E-state index in [1.807, 2.05) is 66.7 Å². The molecule has 0 radical (unpaired) electrons. The van der Waals surface area contributed by atoms with Gasteiger partial charge in [0.25, 0.3) is 5.91 Å². The maximum absolute atomic E-state index is 12.5. The third-order valence-electron chi connectivity index (χ3n) is 4.94. The number of carbonyl (C=O) groups is 1. The van der Waals surface area contributed by atoms with Crippen LogP contribution in [0.25, 0.3) is 12.2 Å². The van der Waals surface area contributed by atoms with Crippen molar-refractivity contribution in [1.29, 1.82) is 0 Å². The van der Waals surface area contributed by atoms with Gasteiger partial charge < -0.3 is 20.5 Å². The number of benzene rings is 3. The van der Waals surface area contributed by atoms with E-state index in [-0.39, 0.29) is 11.7 Å². The lowest BCUT2D eigenvalue weighted by Crippen LogP contribution is -2.12. The molecule has 0 saturated heterocycles. The van der Waals surface area contributed by atoms with Crippen LogP contribution in [0, 0.1) is 0 Å². The van der Waals surface area contributed by atoms with Crippen LogP contribution in [0.3, 0.4) is 0 Å². The van der Waals surface area contributed by atoms with Gasteiger partial charge in [0.05, 0.1) is 25.0 Å². The minimum Gasteiger partial charge on any atom is -0.504 e. The highest BCUT2D eigenvalue weighted by atomic mass is 16.5. The first-order valence-corrected chi connectivity index (χ1v) is 10.4. The number of ether oxygens (including phenoxy) is 1. The molecule has 0 aliphatic heterocycles. The molecule has 1 aromatic heterocycles. The number of carbonyl (C=O) groups excluding carboxylic acids is 1. The predicted octanol–water partition coefficient (Wildman–Crippen LogP) is 5.16. The van der Waals surface area contributed by atoms with Crippen molar-refractivity contribution in [3.05, 3.63) is 101 Å². The molecule has 0 spiro atoms. The fraction of sp³-hybridized carbons (Fsp3) is 0.0769. The van der Waals surface area contributed by atoms with Gasteiger partial charge in [-0.15, -0.1) is 0 Å². The number of nitrogens with zero attached hydrogens (tertiary/aromatic N) is 1. The molecule has 4 aromatic rings. The first-order valence-electron chi connectivity index (χ1n) is 10.4. The van der Waals surface area contributed by atoms with Crippen LogP contribution in [0.5, 0.6) is 11.5 Å². The number of aromatic hydroxyl groups is 1. The van der Waals surface area contributed by atoms with Crippen LogP contribution < -0.4 is 15.4 Å². The molecule has 0 aliphatic rings. The zero-order valence-electron chi connectivity index (χ0n) is 18.1. The van der Waals surface area contributed by atoms with Crippen molar-refractivity contribution in [2.24, 2.45) is 0 Å². The molecule has 1 heterocycles. The molecular weight excluding hydrogens is 416 g/mol. The molecule has 0 fully saturated rings. The van der Waals surface area contributed by atoms with Crippen molar-refractivity contribution in [3.63, 3.8) is 0 Å². The summed E-state index contributed by atoms with van der Waals surface area (Å²) in [4.78, 5) is 12.5. The van der Waals surface area contributed by atoms with E-state index in [2.05, 4.69) is 20.8 Å². The predicted molar refractivity (Wildman–Crippen MR) is 130 cm³/mol. The topological polar surface area (TPSA) is 99.3 Å². The largest absolute Gasteiger partial charge is 0.504 e. The second-order valence-electron chi connectivity index (χ2n) is 7.34. The van der Waals surface area contributed by atoms with Crippen molar-refractivity contribution < 1.29 is 14.6 Å². The molecule has 0 atom stereocenters. The van der Waals surface area contributed by atoms with Crippen LogP contribution in [0.15, 0.2) is 78.9 Å². The minimum atomic E-state index is -0.162. The highest BCUT2D eigenvalue weighted by molar-refractivity contribution is 6.04. The second-order valence-corrected chi connectivity index (χ2v) is 7.34. The number of amides is 1. The lowest BCUT2D eigenvalue weighted by molar-refractivity contribution is 0.102. The molecule has 0 bridgehead atoms. The fourth-order valence-electron chi connectivity index (χ4n) is 3.23. The third kappa shape index (κ3) is 5.80. The highest BCUT2D eigenvalue weighted by Gasteiger charge is 2.07. The number of hydrogen-bond donors (Lipinski definition) is 4. The number of nitrogens with one attached hydrogen (secondary N) is 3. The van der Waals surface area contributed by atoms with Crippen molar-refractivity contribution in [2.75, 3.05) is 17.7 Å². The molecule has 7 nitrogen and oxygen atoms in total. The first-order chi connectivity index (χ1) is 16.1. The Labute approximate surface area is 191 Å². The SMILES string of the molecule is COc1cc(C=Cc2cc(CNc3cccc(C(=O)Nc4ccccc4)c3)[nH]n2)ccc1O. The molecule has 33 heavy (non-hydrogen) atoms. The number of phenols is 1. The summed E-state index contributed by atoms with van der Waals surface area (Å²) in [6.45, 7) is 0.525. The number of rotatable bonds is 8. The normalized spacial score (nSPS) is 10.8. The van der Waals surface area contributed by atoms with Crippen LogP contribution in [-0.4, -0.2) is 28.3 Å². The zero-order chi connectivity index (χ0) is 23.0. The maximum Gasteiger partial charge on any atom is 0.255 e. The molecule has 0 aliphatic carbocycles. The quantitative estimate of drug-likeness (QED) is 0.303. The molecule has 166 valence electrons. The van der Waals surface area contributed by atoms with Gasteiger partial charge >= 0.3 is 0 Å². The molecule has 7 heteroatoms. The van der Waals surface area contributed by atoms with Gasteiger partial charge in [0.1, 0.15) is 0 Å². The summed E-state index contributed by atoms with van der Waals surface area (Å²) in [5.74, 6) is 0.359. The average molecular weight is 441 g/mol. The molecule has 4 N–H and O–H groups in total. The number of aromatic amines is 1. The molecule has 4 rings (SSSR count). The van der Waals surface area contributed by atoms with E-state index in [0.717, 1.165) is 28.3 Å². The Morgan fingerprint density at radius 3 is 2.64 bits per heavy atom. The standard InChI is InChI=1S/C26H24N4O3/c1-33-25-14-18(11-13-24(25)31)10-12-22-16-23(30-29-22)17-27-21-9-5-6-19(15-21)26(32)28-20-7-3-2-4-8-20/h2-16,27,31H,17H2,1H3,(H,28,32)(H,29,30). The maximum atomic E-state index is 12.5. The molecule has 3 aromatic carbocycles. The molecule has 0 saturated carbocycles. The van der Waals surface area contributed by atoms with Gasteiger partial charge in [-0.25, -0.2) is 0 Å². The van der Waals surface area contributed by atoms with Gasteiger partial charge in [-0.1, -0.05) is 36.4 Å². The number of phenolic OH excluding ortho intramolecular Hbond substituents is 1. The summed E-state index contributed by atoms with van der Waals surface area (Å²) in [6.07, 6.45) is 3.77. The van der Waals surface area contributed by atoms with E-state index < -0.39 is 0 Å². The van der Waals surface area contributed by atoms with Gasteiger partial charge in [-0.3, -0.25) is 9.89 Å². The number of hydrogen-bond acceptors (Lipinski definition) is 5. The molecular formula is C26H24N4O3. The Hall–Kier alpha value is -4.52. The highest BCUT2D eigenvalue weighted by Crippen LogP contribution is 2.27. The Morgan fingerprint density at radius 1 is 1.00 bits per heavy atom. The molecule has 1 amide bonds. The van der Waals surface area contributed by atoms with E-state index in [9.17, 15) is 9.90 Å². The number of methoxy groups -OCH3 is 1. The van der Waals surface area contributed by atoms with Crippen LogP contribution in [0.1, 0.15) is 27.3 Å². The summed E-state index contributed by atoms with van der Waals surface area (Å²) in [5.41, 5.74) is 4.72. The van der Waals surface area contributed by atoms with E-state index in [1.54, 1.807) is 24.3 Å². The van der Waals surface area contributed by atoms with E-state index in [4.69, 9.17) is 4.74 Å². The third-order valence-corrected chi connectivity index (χ3v) is 4.94. The summed E-state index contributed by atoms with van der Waals surface area (Å²) in [6, 6.07) is 23.8. The van der Waals surface area contributed by atoms with Crippen molar-refractivity contribution in [1.82, 2.24) is 10.2 Å². The molecule has 0 unspecified atom stereocenters. The summed E-state index contributed by atoms with van der Waals surface area (Å²) >= 11 is 0. The number of H-pyrrole nitrogens is 1. The summed E-state index contributed by atoms with van der Waals surface area (Å²) in [7, 11) is 1.51. The van der Waals surface area contributed by atoms with Crippen molar-refractivity contribution >= 4 is 29.4 Å². The Bertz CT molecular complexity index is 1270. The Balaban J connectivity index is 1.35. The average Bonchev–Trinajstić information content (AvgIpc) is 3.31. The van der Waals surface area contributed by atoms with Crippen LogP contribution >= 0.6 is 0 Å². The summed E-state index contributed by atoms with van der Waals surface area (Å²) < 4.78 is 5.13. The van der Waals surface area contributed by atoms with Crippen LogP contribution in [0.4, 0.5) is 11.4 Å². The van der Waals surface area contributed by atoms with Gasteiger partial charge in [0.15, 0.2) is 11.5 Å². The number of aromatic nitrogens is 2. The summed E-state index contributed by atoms with van der Waals surface area (Å²) in [5, 5.41) is 23.2. The van der Waals surface area contributed by atoms with Crippen LogP contribution in [-0.2, 0) is 6.54 Å². The van der Waals surface area contributed by atoms with Gasteiger partial charge in [0.2, 0.25) is 0 Å². The van der Waals surface area contributed by atoms with Gasteiger partial charge in [0, 0.05) is 16.9 Å². The van der Waals surface area contributed by atoms with E-state index >= 15 is 0 Å². The number of para-hydroxylation sites is 1. The smallest absolute Gasteiger partial charge is 0.255 e. The first kappa shape index (κ1) is 21.7. The lowest BCUT2D eigenvalue weighted by Gasteiger charge is -2.08. The Kier molecular flexibility index (Phi) is 6.70. The minimum absolute atomic E-state index is 0.101. The monoisotopic (exact) mass is 440 g/mol. The van der Waals surface area contributed by atoms with Crippen molar-refractivity contribution in [3.8, 4) is 11.5 Å². The van der Waals surface area contributed by atoms with E-state index in [0.29, 0.717) is 17.9 Å². The van der Waals surface area contributed by atoms with Gasteiger partial charge in [-0.2, -0.15) is 5.10 Å². The van der Waals surface area contributed by atoms with Crippen molar-refractivity contribution in [2.45, 2.75) is 6.54 Å². The lowest BCUT2D eigenvalue weighted by atomic mass is 10.1. The van der Waals surface area contributed by atoms with Gasteiger partial charge in [-0.05, 0) is 60.2 Å².